The van der Waals surface area contributed by atoms with Crippen LogP contribution in [0.4, 0.5) is 0 Å². The quantitative estimate of drug-likeness (QED) is 0.432. The van der Waals surface area contributed by atoms with Crippen molar-refractivity contribution in [3.8, 4) is 17.2 Å². The Morgan fingerprint density at radius 1 is 1.10 bits per heavy atom. The van der Waals surface area contributed by atoms with Crippen molar-refractivity contribution < 1.29 is 0 Å². The van der Waals surface area contributed by atoms with Crippen LogP contribution < -0.4 is 5.32 Å². The summed E-state index contributed by atoms with van der Waals surface area (Å²) in [6.07, 6.45) is 7.90. The number of rotatable bonds is 3. The Hall–Kier alpha value is -3.52. The Balaban J connectivity index is 1.47. The lowest BCUT2D eigenvalue weighted by atomic mass is 9.89. The second-order valence-corrected chi connectivity index (χ2v) is 7.94. The van der Waals surface area contributed by atoms with Gasteiger partial charge >= 0.3 is 0 Å². The number of aryl methyl sites for hydroxylation is 1. The van der Waals surface area contributed by atoms with Gasteiger partial charge in [0.25, 0.3) is 0 Å². The second-order valence-electron chi connectivity index (χ2n) is 7.94. The van der Waals surface area contributed by atoms with Crippen molar-refractivity contribution in [3.05, 3.63) is 54.2 Å². The lowest BCUT2D eigenvalue weighted by Gasteiger charge is -2.23. The fraction of sp³-hybridized carbons (Fsp3) is 0.273. The van der Waals surface area contributed by atoms with E-state index in [0.717, 1.165) is 52.4 Å². The Labute approximate surface area is 172 Å². The summed E-state index contributed by atoms with van der Waals surface area (Å²) in [6.45, 7) is 4.13. The average molecular weight is 398 g/mol. The number of nitrogens with one attached hydrogen (secondary N) is 3. The van der Waals surface area contributed by atoms with Crippen LogP contribution in [0, 0.1) is 6.92 Å². The zero-order valence-corrected chi connectivity index (χ0v) is 16.7. The molecule has 4 aromatic heterocycles. The predicted molar refractivity (Wildman–Crippen MR) is 116 cm³/mol. The van der Waals surface area contributed by atoms with Crippen molar-refractivity contribution in [1.82, 2.24) is 40.0 Å². The fourth-order valence-electron chi connectivity index (χ4n) is 4.40. The van der Waals surface area contributed by atoms with Crippen LogP contribution in [0.3, 0.4) is 0 Å². The number of hydrogen-bond donors (Lipinski definition) is 3. The van der Waals surface area contributed by atoms with E-state index in [4.69, 9.17) is 4.98 Å². The number of fused-ring (bicyclic) bond motifs is 2. The van der Waals surface area contributed by atoms with E-state index in [2.05, 4.69) is 48.7 Å². The molecule has 8 nitrogen and oxygen atoms in total. The molecule has 8 heteroatoms. The lowest BCUT2D eigenvalue weighted by Crippen LogP contribution is -2.26. The SMILES string of the molecule is Cc1cn(-c2ccnc3nc(-c4n[nH]c5ccc(C6CCNCC6)cc45)[nH]c23)cn1. The van der Waals surface area contributed by atoms with Gasteiger partial charge in [-0.2, -0.15) is 5.10 Å². The van der Waals surface area contributed by atoms with Crippen molar-refractivity contribution >= 4 is 22.1 Å². The Bertz CT molecular complexity index is 1350. The van der Waals surface area contributed by atoms with Crippen molar-refractivity contribution in [3.63, 3.8) is 0 Å². The van der Waals surface area contributed by atoms with Crippen LogP contribution in [0.5, 0.6) is 0 Å². The third kappa shape index (κ3) is 2.80. The normalized spacial score (nSPS) is 15.4. The van der Waals surface area contributed by atoms with E-state index >= 15 is 0 Å². The fourth-order valence-corrected chi connectivity index (χ4v) is 4.40. The topological polar surface area (TPSA) is 100 Å². The molecule has 30 heavy (non-hydrogen) atoms. The minimum atomic E-state index is 0.590. The van der Waals surface area contributed by atoms with E-state index in [9.17, 15) is 0 Å². The van der Waals surface area contributed by atoms with Gasteiger partial charge in [0.2, 0.25) is 0 Å². The van der Waals surface area contributed by atoms with Gasteiger partial charge < -0.3 is 14.9 Å². The highest BCUT2D eigenvalue weighted by molar-refractivity contribution is 5.94. The largest absolute Gasteiger partial charge is 0.333 e. The van der Waals surface area contributed by atoms with Crippen LogP contribution in [-0.4, -0.2) is 47.8 Å². The molecule has 0 atom stereocenters. The first-order valence-corrected chi connectivity index (χ1v) is 10.3. The molecule has 1 aromatic carbocycles. The van der Waals surface area contributed by atoms with Gasteiger partial charge in [0.15, 0.2) is 11.5 Å². The smallest absolute Gasteiger partial charge is 0.180 e. The molecule has 3 N–H and O–H groups in total. The first-order chi connectivity index (χ1) is 14.8. The van der Waals surface area contributed by atoms with Crippen molar-refractivity contribution in [1.29, 1.82) is 0 Å². The maximum absolute atomic E-state index is 4.75. The molecule has 6 rings (SSSR count). The number of nitrogens with zero attached hydrogens (tertiary/aromatic N) is 5. The molecule has 0 aliphatic carbocycles. The predicted octanol–water partition coefficient (Wildman–Crippen LogP) is 3.46. The average Bonchev–Trinajstić information content (AvgIpc) is 3.51. The summed E-state index contributed by atoms with van der Waals surface area (Å²) in [6, 6.07) is 8.58. The summed E-state index contributed by atoms with van der Waals surface area (Å²) in [5.74, 6) is 1.31. The molecule has 1 aliphatic heterocycles. The minimum Gasteiger partial charge on any atom is -0.333 e. The van der Waals surface area contributed by atoms with E-state index in [1.54, 1.807) is 12.5 Å². The first kappa shape index (κ1) is 17.3. The van der Waals surface area contributed by atoms with Crippen molar-refractivity contribution in [2.24, 2.45) is 0 Å². The van der Waals surface area contributed by atoms with E-state index in [0.29, 0.717) is 11.6 Å². The zero-order valence-electron chi connectivity index (χ0n) is 16.7. The monoisotopic (exact) mass is 398 g/mol. The third-order valence-corrected chi connectivity index (χ3v) is 5.98. The molecule has 1 fully saturated rings. The highest BCUT2D eigenvalue weighted by atomic mass is 15.1. The number of benzene rings is 1. The Morgan fingerprint density at radius 2 is 2.00 bits per heavy atom. The molecule has 5 heterocycles. The summed E-state index contributed by atoms with van der Waals surface area (Å²) in [4.78, 5) is 17.0. The maximum Gasteiger partial charge on any atom is 0.180 e. The van der Waals surface area contributed by atoms with E-state index in [1.165, 1.54) is 18.4 Å². The molecule has 150 valence electrons. The zero-order chi connectivity index (χ0) is 20.1. The summed E-state index contributed by atoms with van der Waals surface area (Å²) in [5, 5.41) is 12.3. The highest BCUT2D eigenvalue weighted by Crippen LogP contribution is 2.32. The number of hydrogen-bond acceptors (Lipinski definition) is 5. The minimum absolute atomic E-state index is 0.590. The van der Waals surface area contributed by atoms with Crippen LogP contribution in [0.25, 0.3) is 39.3 Å². The number of pyridine rings is 1. The molecule has 1 saturated heterocycles. The molecule has 0 spiro atoms. The van der Waals surface area contributed by atoms with Gasteiger partial charge in [0.1, 0.15) is 11.2 Å². The van der Waals surface area contributed by atoms with Gasteiger partial charge in [-0.15, -0.1) is 0 Å². The summed E-state index contributed by atoms with van der Waals surface area (Å²) in [7, 11) is 0. The summed E-state index contributed by atoms with van der Waals surface area (Å²) in [5.41, 5.74) is 6.68. The molecule has 0 saturated carbocycles. The molecular weight excluding hydrogens is 376 g/mol. The van der Waals surface area contributed by atoms with Crippen molar-refractivity contribution in [2.75, 3.05) is 13.1 Å². The number of aromatic nitrogens is 7. The second kappa shape index (κ2) is 6.77. The molecular formula is C22H22N8. The van der Waals surface area contributed by atoms with Gasteiger partial charge in [0, 0.05) is 17.8 Å². The summed E-state index contributed by atoms with van der Waals surface area (Å²) >= 11 is 0. The Kier molecular flexibility index (Phi) is 3.92. The van der Waals surface area contributed by atoms with Gasteiger partial charge in [-0.05, 0) is 62.5 Å². The number of aromatic amines is 2. The first-order valence-electron chi connectivity index (χ1n) is 10.3. The maximum atomic E-state index is 4.75. The molecule has 0 amide bonds. The van der Waals surface area contributed by atoms with Crippen LogP contribution in [0.1, 0.15) is 30.0 Å². The molecule has 1 aliphatic rings. The van der Waals surface area contributed by atoms with Crippen molar-refractivity contribution in [2.45, 2.75) is 25.7 Å². The number of imidazole rings is 2. The van der Waals surface area contributed by atoms with E-state index < -0.39 is 0 Å². The third-order valence-electron chi connectivity index (χ3n) is 5.98. The van der Waals surface area contributed by atoms with E-state index in [-0.39, 0.29) is 0 Å². The van der Waals surface area contributed by atoms with Gasteiger partial charge in [-0.1, -0.05) is 6.07 Å². The standard InChI is InChI=1S/C22H22N8/c1-13-11-30(12-25-13)18-6-9-24-21-20(18)26-22(27-21)19-16-10-15(2-3-17(16)28-29-19)14-4-7-23-8-5-14/h2-3,6,9-12,14,23H,4-5,7-8H2,1H3,(H,28,29)(H,24,26,27). The number of H-pyrrole nitrogens is 2. The van der Waals surface area contributed by atoms with Crippen LogP contribution in [-0.2, 0) is 0 Å². The molecule has 0 bridgehead atoms. The van der Waals surface area contributed by atoms with E-state index in [1.807, 2.05) is 23.8 Å². The lowest BCUT2D eigenvalue weighted by molar-refractivity contribution is 0.460. The molecule has 0 radical (unpaired) electrons. The van der Waals surface area contributed by atoms with Gasteiger partial charge in [0.05, 0.1) is 23.2 Å². The van der Waals surface area contributed by atoms with Crippen LogP contribution in [0.2, 0.25) is 0 Å². The Morgan fingerprint density at radius 3 is 2.83 bits per heavy atom. The highest BCUT2D eigenvalue weighted by Gasteiger charge is 2.19. The van der Waals surface area contributed by atoms with Crippen LogP contribution in [0.15, 0.2) is 43.0 Å². The van der Waals surface area contributed by atoms with Gasteiger partial charge in [-0.3, -0.25) is 5.10 Å². The van der Waals surface area contributed by atoms with Crippen LogP contribution >= 0.6 is 0 Å². The molecule has 5 aromatic rings. The molecule has 0 unspecified atom stereocenters. The van der Waals surface area contributed by atoms with Gasteiger partial charge in [-0.25, -0.2) is 15.0 Å². The number of piperidine rings is 1. The summed E-state index contributed by atoms with van der Waals surface area (Å²) < 4.78 is 1.99.